The van der Waals surface area contributed by atoms with Crippen LogP contribution in [0.25, 0.3) is 11.0 Å². The van der Waals surface area contributed by atoms with Gasteiger partial charge in [-0.1, -0.05) is 6.58 Å². The lowest BCUT2D eigenvalue weighted by Crippen LogP contribution is -2.37. The molecular weight excluding hydrogens is 498 g/mol. The fraction of sp³-hybridized carbons (Fsp3) is 0.346. The van der Waals surface area contributed by atoms with Crippen LogP contribution in [0, 0.1) is 0 Å². The molecule has 0 radical (unpaired) electrons. The quantitative estimate of drug-likeness (QED) is 0.510. The van der Waals surface area contributed by atoms with Gasteiger partial charge < -0.3 is 19.1 Å². The first-order valence-electron chi connectivity index (χ1n) is 12.2. The molecule has 2 aromatic heterocycles. The fourth-order valence-electron chi connectivity index (χ4n) is 4.94. The van der Waals surface area contributed by atoms with Gasteiger partial charge in [-0.25, -0.2) is 13.8 Å². The number of ether oxygens (including phenoxy) is 1. The van der Waals surface area contributed by atoms with Crippen molar-refractivity contribution in [2.75, 3.05) is 37.0 Å². The summed E-state index contributed by atoms with van der Waals surface area (Å²) >= 11 is 0. The zero-order chi connectivity index (χ0) is 27.0. The molecule has 3 amide bonds. The number of likely N-dealkylation sites (N-methyl/N-ethyl adjacent to an activating group) is 1. The minimum Gasteiger partial charge on any atom is -0.481 e. The van der Waals surface area contributed by atoms with Gasteiger partial charge in [-0.2, -0.15) is 0 Å². The van der Waals surface area contributed by atoms with Crippen molar-refractivity contribution in [3.8, 4) is 5.75 Å². The number of benzene rings is 1. The Bertz CT molecular complexity index is 1440. The average molecular weight is 525 g/mol. The zero-order valence-electron chi connectivity index (χ0n) is 20.7. The molecule has 1 saturated heterocycles. The van der Waals surface area contributed by atoms with E-state index >= 15 is 0 Å². The van der Waals surface area contributed by atoms with E-state index in [1.807, 2.05) is 4.57 Å². The Balaban J connectivity index is 1.64. The number of nitrogens with one attached hydrogen (secondary N) is 1. The van der Waals surface area contributed by atoms with E-state index in [0.29, 0.717) is 42.0 Å². The summed E-state index contributed by atoms with van der Waals surface area (Å²) in [6, 6.07) is 5.50. The first-order chi connectivity index (χ1) is 18.3. The van der Waals surface area contributed by atoms with Gasteiger partial charge in [0, 0.05) is 31.9 Å². The minimum atomic E-state index is -2.83. The van der Waals surface area contributed by atoms with Gasteiger partial charge in [0.15, 0.2) is 6.61 Å². The number of fused-ring (bicyclic) bond motifs is 3. The topological polar surface area (TPSA) is 110 Å². The van der Waals surface area contributed by atoms with Gasteiger partial charge in [0.25, 0.3) is 18.2 Å². The largest absolute Gasteiger partial charge is 0.481 e. The Morgan fingerprint density at radius 3 is 2.84 bits per heavy atom. The number of hydrogen-bond acceptors (Lipinski definition) is 6. The van der Waals surface area contributed by atoms with E-state index < -0.39 is 18.0 Å². The van der Waals surface area contributed by atoms with Crippen molar-refractivity contribution in [1.82, 2.24) is 19.4 Å². The van der Waals surface area contributed by atoms with Crippen molar-refractivity contribution >= 4 is 40.4 Å². The van der Waals surface area contributed by atoms with Crippen LogP contribution in [0.15, 0.2) is 43.1 Å². The van der Waals surface area contributed by atoms with Gasteiger partial charge in [0.2, 0.25) is 11.9 Å². The zero-order valence-corrected chi connectivity index (χ0v) is 20.7. The van der Waals surface area contributed by atoms with Crippen molar-refractivity contribution < 1.29 is 27.9 Å². The van der Waals surface area contributed by atoms with E-state index in [1.165, 1.54) is 17.0 Å². The molecule has 2 aliphatic heterocycles. The van der Waals surface area contributed by atoms with Crippen LogP contribution >= 0.6 is 0 Å². The number of amides is 3. The highest BCUT2D eigenvalue weighted by Crippen LogP contribution is 2.42. The molecule has 3 aromatic rings. The lowest BCUT2D eigenvalue weighted by Gasteiger charge is -2.30. The number of alkyl halides is 2. The first-order valence-corrected chi connectivity index (χ1v) is 12.2. The molecule has 0 saturated carbocycles. The monoisotopic (exact) mass is 524 g/mol. The predicted octanol–water partition coefficient (Wildman–Crippen LogP) is 3.72. The van der Waals surface area contributed by atoms with E-state index in [4.69, 9.17) is 4.74 Å². The van der Waals surface area contributed by atoms with Crippen LogP contribution in [0.3, 0.4) is 0 Å². The standard InChI is InChI=1S/C26H26F2N6O4/c1-3-20(35)33-11-5-4-6-16(13-33)34-22-17(7-8-19-23(22)32(2)21(36)14-38-19)30-26(34)31-25(37)15-9-10-29-18(12-15)24(27)28/h3,7-10,12,16,24H,1,4-6,11,13-14H2,2H3,(H,30,31,37). The van der Waals surface area contributed by atoms with Crippen molar-refractivity contribution in [2.45, 2.75) is 31.7 Å². The molecule has 1 N–H and O–H groups in total. The molecule has 198 valence electrons. The Kier molecular flexibility index (Phi) is 6.79. The molecule has 1 aromatic carbocycles. The second-order valence-electron chi connectivity index (χ2n) is 9.19. The Hall–Kier alpha value is -4.35. The predicted molar refractivity (Wildman–Crippen MR) is 135 cm³/mol. The fourth-order valence-corrected chi connectivity index (χ4v) is 4.94. The smallest absolute Gasteiger partial charge is 0.280 e. The van der Waals surface area contributed by atoms with E-state index in [0.717, 1.165) is 25.1 Å². The third kappa shape index (κ3) is 4.57. The second kappa shape index (κ2) is 10.2. The van der Waals surface area contributed by atoms with Gasteiger partial charge in [0.1, 0.15) is 17.1 Å². The van der Waals surface area contributed by atoms with E-state index in [-0.39, 0.29) is 36.0 Å². The number of carbonyl (C=O) groups is 3. The number of hydrogen-bond donors (Lipinski definition) is 1. The number of carbonyl (C=O) groups excluding carboxylic acids is 3. The number of anilines is 2. The summed E-state index contributed by atoms with van der Waals surface area (Å²) in [5.74, 6) is -0.446. The molecule has 38 heavy (non-hydrogen) atoms. The molecule has 10 nitrogen and oxygen atoms in total. The SMILES string of the molecule is C=CC(=O)N1CCCCC(n2c(NC(=O)c3ccnc(C(F)F)c3)nc3ccc4c(c32)N(C)C(=O)CO4)C1. The van der Waals surface area contributed by atoms with Crippen molar-refractivity contribution in [2.24, 2.45) is 0 Å². The molecule has 5 rings (SSSR count). The minimum absolute atomic E-state index is 0.00380. The van der Waals surface area contributed by atoms with Gasteiger partial charge in [0.05, 0.1) is 17.1 Å². The molecule has 1 atom stereocenters. The average Bonchev–Trinajstić information content (AvgIpc) is 3.10. The molecule has 0 spiro atoms. The molecule has 1 fully saturated rings. The maximum atomic E-state index is 13.2. The van der Waals surface area contributed by atoms with Crippen LogP contribution in [-0.4, -0.2) is 63.9 Å². The third-order valence-corrected chi connectivity index (χ3v) is 6.84. The van der Waals surface area contributed by atoms with Crippen LogP contribution in [0.1, 0.15) is 47.8 Å². The summed E-state index contributed by atoms with van der Waals surface area (Å²) in [6.07, 6.45) is 1.85. The maximum absolute atomic E-state index is 13.2. The highest BCUT2D eigenvalue weighted by atomic mass is 19.3. The van der Waals surface area contributed by atoms with Gasteiger partial charge in [-0.05, 0) is 49.6 Å². The number of halogens is 2. The molecule has 0 bridgehead atoms. The summed E-state index contributed by atoms with van der Waals surface area (Å²) in [5, 5.41) is 2.76. The van der Waals surface area contributed by atoms with Crippen LogP contribution in [0.5, 0.6) is 5.75 Å². The van der Waals surface area contributed by atoms with Gasteiger partial charge in [-0.3, -0.25) is 24.7 Å². The number of nitrogens with zero attached hydrogens (tertiary/aromatic N) is 5. The molecule has 12 heteroatoms. The molecule has 0 aliphatic carbocycles. The van der Waals surface area contributed by atoms with Crippen molar-refractivity contribution in [3.63, 3.8) is 0 Å². The molecular formula is C26H26F2N6O4. The van der Waals surface area contributed by atoms with Crippen LogP contribution < -0.4 is 15.0 Å². The van der Waals surface area contributed by atoms with E-state index in [1.54, 1.807) is 24.1 Å². The Morgan fingerprint density at radius 1 is 1.26 bits per heavy atom. The molecule has 4 heterocycles. The van der Waals surface area contributed by atoms with Crippen molar-refractivity contribution in [1.29, 1.82) is 0 Å². The lowest BCUT2D eigenvalue weighted by atomic mass is 10.1. The summed E-state index contributed by atoms with van der Waals surface area (Å²) in [7, 11) is 1.64. The third-order valence-electron chi connectivity index (χ3n) is 6.84. The van der Waals surface area contributed by atoms with E-state index in [2.05, 4.69) is 21.9 Å². The maximum Gasteiger partial charge on any atom is 0.280 e. The lowest BCUT2D eigenvalue weighted by molar-refractivity contribution is -0.126. The van der Waals surface area contributed by atoms with Gasteiger partial charge in [-0.15, -0.1) is 0 Å². The van der Waals surface area contributed by atoms with E-state index in [9.17, 15) is 23.2 Å². The van der Waals surface area contributed by atoms with Crippen LogP contribution in [-0.2, 0) is 9.59 Å². The van der Waals surface area contributed by atoms with Crippen molar-refractivity contribution in [3.05, 3.63) is 54.4 Å². The summed E-state index contributed by atoms with van der Waals surface area (Å²) in [5.41, 5.74) is 1.05. The number of likely N-dealkylation sites (tertiary alicyclic amines) is 1. The molecule has 2 aliphatic rings. The second-order valence-corrected chi connectivity index (χ2v) is 9.19. The Morgan fingerprint density at radius 2 is 2.08 bits per heavy atom. The Labute approximate surface area is 216 Å². The summed E-state index contributed by atoms with van der Waals surface area (Å²) in [4.78, 5) is 49.7. The number of imidazole rings is 1. The normalized spacial score (nSPS) is 17.7. The van der Waals surface area contributed by atoms with Crippen LogP contribution in [0.2, 0.25) is 0 Å². The number of pyridine rings is 1. The van der Waals surface area contributed by atoms with Gasteiger partial charge >= 0.3 is 0 Å². The first kappa shape index (κ1) is 25.3. The summed E-state index contributed by atoms with van der Waals surface area (Å²) < 4.78 is 33.9. The number of aromatic nitrogens is 3. The summed E-state index contributed by atoms with van der Waals surface area (Å²) in [6.45, 7) is 4.38. The number of rotatable bonds is 5. The highest BCUT2D eigenvalue weighted by molar-refractivity contribution is 6.08. The van der Waals surface area contributed by atoms with Crippen LogP contribution in [0.4, 0.5) is 20.4 Å². The molecule has 1 unspecified atom stereocenters. The highest BCUT2D eigenvalue weighted by Gasteiger charge is 2.32.